The third-order valence-corrected chi connectivity index (χ3v) is 9.70. The summed E-state index contributed by atoms with van der Waals surface area (Å²) in [6, 6.07) is 17.3. The molecule has 9 nitrogen and oxygen atoms in total. The van der Waals surface area contributed by atoms with E-state index in [0.29, 0.717) is 57.9 Å². The van der Waals surface area contributed by atoms with Crippen molar-refractivity contribution in [3.8, 4) is 11.1 Å². The molecule has 0 aliphatic carbocycles. The standard InChI is InChI=1S/C32H30ClN3O6S.ClH/c1-19-14-23(20-8-6-9-21(15-20)43(3,40)41)24(33)16-22(19)28-29(37)32(42-31(28)39)12-7-13-36(18-32)17-26-30(38)35(2)27-11-5-4-10-25(27)34-26;/h4-6,8-11,14-16,37H,7,12-13,17-18H2,1-3H3;1H. The number of nitrogens with zero attached hydrogens (tertiary/aromatic N) is 3. The lowest BCUT2D eigenvalue weighted by molar-refractivity contribution is -0.151. The van der Waals surface area contributed by atoms with Gasteiger partial charge in [0, 0.05) is 37.0 Å². The zero-order valence-corrected chi connectivity index (χ0v) is 26.7. The van der Waals surface area contributed by atoms with Gasteiger partial charge in [-0.15, -0.1) is 12.4 Å². The number of aliphatic hydroxyl groups excluding tert-OH is 1. The number of aromatic nitrogens is 2. The summed E-state index contributed by atoms with van der Waals surface area (Å²) in [5.41, 5.74) is 2.74. The molecule has 6 rings (SSSR count). The van der Waals surface area contributed by atoms with Gasteiger partial charge in [0.1, 0.15) is 11.3 Å². The van der Waals surface area contributed by atoms with E-state index in [9.17, 15) is 23.1 Å². The van der Waals surface area contributed by atoms with E-state index >= 15 is 0 Å². The van der Waals surface area contributed by atoms with Gasteiger partial charge in [-0.25, -0.2) is 18.2 Å². The van der Waals surface area contributed by atoms with Gasteiger partial charge in [0.2, 0.25) is 0 Å². The fraction of sp³-hybridized carbons (Fsp3) is 0.281. The Morgan fingerprint density at radius 2 is 1.82 bits per heavy atom. The average Bonchev–Trinajstić information content (AvgIpc) is 3.20. The number of hydrogen-bond donors (Lipinski definition) is 1. The zero-order chi connectivity index (χ0) is 30.7. The molecular formula is C32H31Cl2N3O6S. The molecule has 1 atom stereocenters. The first-order valence-corrected chi connectivity index (χ1v) is 16.1. The molecule has 44 heavy (non-hydrogen) atoms. The van der Waals surface area contributed by atoms with Crippen LogP contribution in [0.2, 0.25) is 5.02 Å². The molecule has 1 spiro atoms. The van der Waals surface area contributed by atoms with Gasteiger partial charge in [0.25, 0.3) is 5.56 Å². The predicted molar refractivity (Wildman–Crippen MR) is 172 cm³/mol. The number of sulfone groups is 1. The number of benzene rings is 3. The molecule has 3 heterocycles. The molecule has 2 aliphatic heterocycles. The zero-order valence-electron chi connectivity index (χ0n) is 24.3. The lowest BCUT2D eigenvalue weighted by atomic mass is 9.87. The molecule has 1 N–H and O–H groups in total. The van der Waals surface area contributed by atoms with Crippen molar-refractivity contribution in [1.29, 1.82) is 0 Å². The van der Waals surface area contributed by atoms with E-state index in [2.05, 4.69) is 4.98 Å². The topological polar surface area (TPSA) is 119 Å². The summed E-state index contributed by atoms with van der Waals surface area (Å²) >= 11 is 6.68. The van der Waals surface area contributed by atoms with Crippen molar-refractivity contribution in [3.63, 3.8) is 0 Å². The number of fused-ring (bicyclic) bond motifs is 1. The first-order chi connectivity index (χ1) is 20.4. The third kappa shape index (κ3) is 5.51. The molecule has 1 fully saturated rings. The number of para-hydroxylation sites is 2. The van der Waals surface area contributed by atoms with E-state index in [1.807, 2.05) is 29.2 Å². The van der Waals surface area contributed by atoms with E-state index in [-0.39, 0.29) is 47.3 Å². The maximum atomic E-state index is 13.3. The Labute approximate surface area is 266 Å². The van der Waals surface area contributed by atoms with Gasteiger partial charge >= 0.3 is 5.97 Å². The Morgan fingerprint density at radius 1 is 1.07 bits per heavy atom. The average molecular weight is 657 g/mol. The molecule has 0 saturated carbocycles. The Hall–Kier alpha value is -3.70. The van der Waals surface area contributed by atoms with Crippen molar-refractivity contribution in [3.05, 3.63) is 98.6 Å². The highest BCUT2D eigenvalue weighted by atomic mass is 35.5. The van der Waals surface area contributed by atoms with E-state index in [0.717, 1.165) is 11.8 Å². The Bertz CT molecular complexity index is 2020. The lowest BCUT2D eigenvalue weighted by Gasteiger charge is -2.38. The van der Waals surface area contributed by atoms with E-state index in [4.69, 9.17) is 16.3 Å². The molecule has 0 amide bonds. The molecule has 230 valence electrons. The monoisotopic (exact) mass is 655 g/mol. The van der Waals surface area contributed by atoms with Gasteiger partial charge in [0.05, 0.1) is 15.9 Å². The Morgan fingerprint density at radius 3 is 2.57 bits per heavy atom. The largest absolute Gasteiger partial charge is 0.507 e. The van der Waals surface area contributed by atoms with Crippen molar-refractivity contribution in [2.24, 2.45) is 7.05 Å². The van der Waals surface area contributed by atoms with E-state index in [1.54, 1.807) is 48.9 Å². The van der Waals surface area contributed by atoms with Crippen LogP contribution in [0.4, 0.5) is 0 Å². The highest BCUT2D eigenvalue weighted by Gasteiger charge is 2.51. The molecular weight excluding hydrogens is 625 g/mol. The first kappa shape index (κ1) is 31.7. The predicted octanol–water partition coefficient (Wildman–Crippen LogP) is 5.25. The van der Waals surface area contributed by atoms with Crippen LogP contribution in [-0.4, -0.2) is 58.9 Å². The van der Waals surface area contributed by atoms with Gasteiger partial charge in [-0.2, -0.15) is 0 Å². The normalized spacial score (nSPS) is 19.0. The maximum absolute atomic E-state index is 13.3. The summed E-state index contributed by atoms with van der Waals surface area (Å²) < 4.78 is 31.7. The number of aryl methyl sites for hydroxylation is 2. The summed E-state index contributed by atoms with van der Waals surface area (Å²) in [6.07, 6.45) is 2.20. The number of carbonyl (C=O) groups is 1. The molecule has 2 aliphatic rings. The molecule has 0 radical (unpaired) electrons. The number of halogens is 2. The smallest absolute Gasteiger partial charge is 0.343 e. The SMILES string of the molecule is Cc1cc(-c2cccc(S(C)(=O)=O)c2)c(Cl)cc1C1=C(O)C2(CCCN(Cc3nc4ccccc4n(C)c3=O)C2)OC1=O.Cl. The first-order valence-electron chi connectivity index (χ1n) is 13.8. The molecule has 1 aromatic heterocycles. The number of esters is 1. The second-order valence-electron chi connectivity index (χ2n) is 11.3. The maximum Gasteiger partial charge on any atom is 0.343 e. The van der Waals surface area contributed by atoms with Crippen molar-refractivity contribution in [2.75, 3.05) is 19.3 Å². The van der Waals surface area contributed by atoms with Gasteiger partial charge in [-0.3, -0.25) is 9.69 Å². The molecule has 0 bridgehead atoms. The second kappa shape index (κ2) is 11.7. The van der Waals surface area contributed by atoms with Crippen LogP contribution in [0.5, 0.6) is 0 Å². The summed E-state index contributed by atoms with van der Waals surface area (Å²) in [7, 11) is -1.70. The number of ether oxygens (including phenoxy) is 1. The van der Waals surface area contributed by atoms with Crippen molar-refractivity contribution in [1.82, 2.24) is 14.5 Å². The highest BCUT2D eigenvalue weighted by molar-refractivity contribution is 7.90. The van der Waals surface area contributed by atoms with Crippen LogP contribution in [0.3, 0.4) is 0 Å². The van der Waals surface area contributed by atoms with Gasteiger partial charge < -0.3 is 14.4 Å². The van der Waals surface area contributed by atoms with Gasteiger partial charge in [-0.1, -0.05) is 35.9 Å². The number of rotatable bonds is 5. The summed E-state index contributed by atoms with van der Waals surface area (Å²) in [5, 5.41) is 11.9. The van der Waals surface area contributed by atoms with Gasteiger partial charge in [-0.05, 0) is 79.4 Å². The minimum absolute atomic E-state index is 0. The van der Waals surface area contributed by atoms with Crippen molar-refractivity contribution in [2.45, 2.75) is 36.8 Å². The fourth-order valence-electron chi connectivity index (χ4n) is 6.08. The van der Waals surface area contributed by atoms with Crippen LogP contribution in [0.15, 0.2) is 76.1 Å². The Kier molecular flexibility index (Phi) is 8.41. The van der Waals surface area contributed by atoms with Gasteiger partial charge in [0.15, 0.2) is 21.2 Å². The molecule has 12 heteroatoms. The summed E-state index contributed by atoms with van der Waals surface area (Å²) in [5.74, 6) is -0.808. The number of likely N-dealkylation sites (tertiary alicyclic amines) is 1. The second-order valence-corrected chi connectivity index (χ2v) is 13.7. The molecule has 3 aromatic carbocycles. The van der Waals surface area contributed by atoms with Crippen LogP contribution in [0.1, 0.15) is 29.7 Å². The van der Waals surface area contributed by atoms with E-state index in [1.165, 1.54) is 6.07 Å². The van der Waals surface area contributed by atoms with Crippen LogP contribution in [0.25, 0.3) is 27.7 Å². The summed E-state index contributed by atoms with van der Waals surface area (Å²) in [4.78, 5) is 33.1. The van der Waals surface area contributed by atoms with Crippen LogP contribution >= 0.6 is 24.0 Å². The Balaban J connectivity index is 0.00000384. The molecule has 1 saturated heterocycles. The van der Waals surface area contributed by atoms with Crippen LogP contribution in [0, 0.1) is 6.92 Å². The fourth-order valence-corrected chi connectivity index (χ4v) is 7.02. The minimum atomic E-state index is -3.42. The van der Waals surface area contributed by atoms with E-state index < -0.39 is 21.4 Å². The van der Waals surface area contributed by atoms with Crippen LogP contribution < -0.4 is 5.56 Å². The third-order valence-electron chi connectivity index (χ3n) is 8.27. The molecule has 1 unspecified atom stereocenters. The van der Waals surface area contributed by atoms with Crippen molar-refractivity contribution >= 4 is 56.4 Å². The molecule has 4 aromatic rings. The number of carbonyl (C=O) groups excluding carboxylic acids is 1. The van der Waals surface area contributed by atoms with Crippen molar-refractivity contribution < 1.29 is 23.1 Å². The summed E-state index contributed by atoms with van der Waals surface area (Å²) in [6.45, 7) is 2.88. The lowest BCUT2D eigenvalue weighted by Crippen LogP contribution is -2.50. The number of aliphatic hydroxyl groups is 1. The van der Waals surface area contributed by atoms with Crippen LogP contribution in [-0.2, 0) is 33.0 Å². The highest BCUT2D eigenvalue weighted by Crippen LogP contribution is 2.44. The minimum Gasteiger partial charge on any atom is -0.507 e. The number of hydrogen-bond acceptors (Lipinski definition) is 8. The quantitative estimate of drug-likeness (QED) is 0.290. The number of piperidine rings is 1.